The van der Waals surface area contributed by atoms with Gasteiger partial charge in [0, 0.05) is 27.9 Å². The zero-order valence-electron chi connectivity index (χ0n) is 12.7. The molecule has 0 saturated carbocycles. The molecule has 0 spiro atoms. The molecule has 0 radical (unpaired) electrons. The van der Waals surface area contributed by atoms with E-state index >= 15 is 0 Å². The summed E-state index contributed by atoms with van der Waals surface area (Å²) in [5, 5.41) is 12.1. The van der Waals surface area contributed by atoms with Gasteiger partial charge in [-0.2, -0.15) is 0 Å². The van der Waals surface area contributed by atoms with Crippen LogP contribution in [-0.2, 0) is 10.8 Å². The first-order valence-electron chi connectivity index (χ1n) is 7.50. The van der Waals surface area contributed by atoms with E-state index in [9.17, 15) is 4.21 Å². The van der Waals surface area contributed by atoms with Gasteiger partial charge in [-0.3, -0.25) is 4.21 Å². The van der Waals surface area contributed by atoms with E-state index in [-0.39, 0.29) is 5.92 Å². The molecule has 1 aliphatic rings. The van der Waals surface area contributed by atoms with E-state index in [1.807, 2.05) is 24.3 Å². The molecule has 1 aromatic carbocycles. The highest BCUT2D eigenvalue weighted by molar-refractivity contribution is 7.84. The Morgan fingerprint density at radius 1 is 1.38 bits per heavy atom. The van der Waals surface area contributed by atoms with Crippen molar-refractivity contribution in [2.45, 2.75) is 43.9 Å². The summed E-state index contributed by atoms with van der Waals surface area (Å²) in [6, 6.07) is 7.95. The van der Waals surface area contributed by atoms with Gasteiger partial charge in [-0.15, -0.1) is 5.16 Å². The minimum absolute atomic E-state index is 0.194. The van der Waals surface area contributed by atoms with Crippen LogP contribution in [0.25, 0.3) is 5.57 Å². The predicted octanol–water partition coefficient (Wildman–Crippen LogP) is 4.24. The average Bonchev–Trinajstić information content (AvgIpc) is 2.88. The maximum atomic E-state index is 11.5. The smallest absolute Gasteiger partial charge is 0.0511 e. The molecule has 0 heterocycles. The van der Waals surface area contributed by atoms with Crippen LogP contribution in [0.5, 0.6) is 0 Å². The maximum Gasteiger partial charge on any atom is 0.0511 e. The lowest BCUT2D eigenvalue weighted by molar-refractivity contribution is 0.319. The van der Waals surface area contributed by atoms with Crippen molar-refractivity contribution >= 4 is 22.6 Å². The molecule has 2 atom stereocenters. The van der Waals surface area contributed by atoms with Crippen molar-refractivity contribution in [1.82, 2.24) is 0 Å². The summed E-state index contributed by atoms with van der Waals surface area (Å²) >= 11 is 0. The van der Waals surface area contributed by atoms with Crippen LogP contribution in [0.2, 0.25) is 0 Å². The summed E-state index contributed by atoms with van der Waals surface area (Å²) in [6.07, 6.45) is 8.91. The van der Waals surface area contributed by atoms with Gasteiger partial charge in [0.25, 0.3) is 0 Å². The third kappa shape index (κ3) is 3.82. The van der Waals surface area contributed by atoms with Crippen LogP contribution in [0.1, 0.15) is 44.6 Å². The Kier molecular flexibility index (Phi) is 5.74. The van der Waals surface area contributed by atoms with Crippen LogP contribution < -0.4 is 0 Å². The number of allylic oxidation sites excluding steroid dienone is 2. The normalized spacial score (nSPS) is 20.4. The number of benzene rings is 1. The Bertz CT molecular complexity index is 561. The van der Waals surface area contributed by atoms with Crippen molar-refractivity contribution in [3.63, 3.8) is 0 Å². The van der Waals surface area contributed by atoms with Crippen molar-refractivity contribution in [1.29, 1.82) is 0 Å². The van der Waals surface area contributed by atoms with Gasteiger partial charge in [-0.25, -0.2) is 0 Å². The van der Waals surface area contributed by atoms with Gasteiger partial charge >= 0.3 is 0 Å². The molecule has 2 unspecified atom stereocenters. The van der Waals surface area contributed by atoms with Crippen LogP contribution >= 0.6 is 0 Å². The van der Waals surface area contributed by atoms with E-state index in [1.54, 1.807) is 12.5 Å². The van der Waals surface area contributed by atoms with Crippen molar-refractivity contribution in [3.05, 3.63) is 35.4 Å². The first kappa shape index (κ1) is 16.0. The minimum atomic E-state index is -0.947. The molecule has 3 nitrogen and oxygen atoms in total. The van der Waals surface area contributed by atoms with Gasteiger partial charge in [-0.1, -0.05) is 31.1 Å². The Morgan fingerprint density at radius 2 is 2.10 bits per heavy atom. The highest BCUT2D eigenvalue weighted by Crippen LogP contribution is 2.40. The summed E-state index contributed by atoms with van der Waals surface area (Å²) in [7, 11) is -0.947. The second-order valence-corrected chi connectivity index (χ2v) is 6.89. The highest BCUT2D eigenvalue weighted by atomic mass is 32.2. The Hall–Kier alpha value is -1.42. The standard InChI is InChI=1S/C17H23NO2S/c1-3-4-5-13-6-7-15(12-18-19)17(13)14-8-10-16(11-9-14)21(2)20/h8-12,15,19H,3-7H2,1-2H3. The second kappa shape index (κ2) is 7.55. The summed E-state index contributed by atoms with van der Waals surface area (Å²) in [5.74, 6) is 0.194. The lowest BCUT2D eigenvalue weighted by Gasteiger charge is -2.13. The zero-order valence-corrected chi connectivity index (χ0v) is 13.5. The molecular formula is C17H23NO2S. The monoisotopic (exact) mass is 305 g/mol. The molecule has 0 saturated heterocycles. The van der Waals surface area contributed by atoms with Crippen molar-refractivity contribution < 1.29 is 9.42 Å². The van der Waals surface area contributed by atoms with E-state index in [4.69, 9.17) is 5.21 Å². The van der Waals surface area contributed by atoms with E-state index in [0.29, 0.717) is 0 Å². The van der Waals surface area contributed by atoms with E-state index < -0.39 is 10.8 Å². The number of oxime groups is 1. The van der Waals surface area contributed by atoms with Crippen LogP contribution in [0.4, 0.5) is 0 Å². The lowest BCUT2D eigenvalue weighted by Crippen LogP contribution is -2.01. The van der Waals surface area contributed by atoms with Crippen LogP contribution in [0.3, 0.4) is 0 Å². The van der Waals surface area contributed by atoms with Gasteiger partial charge in [0.05, 0.1) is 6.21 Å². The van der Waals surface area contributed by atoms with Crippen molar-refractivity contribution in [2.75, 3.05) is 6.26 Å². The Balaban J connectivity index is 2.35. The molecule has 114 valence electrons. The Morgan fingerprint density at radius 3 is 2.67 bits per heavy atom. The number of rotatable bonds is 6. The average molecular weight is 305 g/mol. The molecule has 1 aromatic rings. The first-order chi connectivity index (χ1) is 10.2. The third-order valence-electron chi connectivity index (χ3n) is 4.08. The fraction of sp³-hybridized carbons (Fsp3) is 0.471. The molecule has 0 bridgehead atoms. The van der Waals surface area contributed by atoms with E-state index in [1.165, 1.54) is 24.0 Å². The molecule has 1 aliphatic carbocycles. The number of hydrogen-bond acceptors (Lipinski definition) is 3. The van der Waals surface area contributed by atoms with E-state index in [2.05, 4.69) is 12.1 Å². The molecule has 0 aliphatic heterocycles. The molecule has 1 N–H and O–H groups in total. The topological polar surface area (TPSA) is 49.7 Å². The van der Waals surface area contributed by atoms with Gasteiger partial charge in [0.15, 0.2) is 0 Å². The molecule has 0 fully saturated rings. The largest absolute Gasteiger partial charge is 0.411 e. The fourth-order valence-electron chi connectivity index (χ4n) is 2.99. The summed E-state index contributed by atoms with van der Waals surface area (Å²) in [5.41, 5.74) is 3.94. The number of hydrogen-bond donors (Lipinski definition) is 1. The summed E-state index contributed by atoms with van der Waals surface area (Å²) < 4.78 is 11.5. The van der Waals surface area contributed by atoms with Gasteiger partial charge < -0.3 is 5.21 Å². The molecule has 0 amide bonds. The maximum absolute atomic E-state index is 11.5. The molecule has 4 heteroatoms. The van der Waals surface area contributed by atoms with Crippen molar-refractivity contribution in [3.8, 4) is 0 Å². The molecule has 0 aromatic heterocycles. The minimum Gasteiger partial charge on any atom is -0.411 e. The molecule has 2 rings (SSSR count). The number of nitrogens with zero attached hydrogens (tertiary/aromatic N) is 1. The quantitative estimate of drug-likeness (QED) is 0.485. The van der Waals surface area contributed by atoms with Crippen LogP contribution in [-0.4, -0.2) is 21.9 Å². The molecule has 21 heavy (non-hydrogen) atoms. The summed E-state index contributed by atoms with van der Waals surface area (Å²) in [6.45, 7) is 2.20. The van der Waals surface area contributed by atoms with Crippen LogP contribution in [0.15, 0.2) is 39.9 Å². The third-order valence-corrected chi connectivity index (χ3v) is 5.02. The first-order valence-corrected chi connectivity index (χ1v) is 9.06. The van der Waals surface area contributed by atoms with Gasteiger partial charge in [0.2, 0.25) is 0 Å². The summed E-state index contributed by atoms with van der Waals surface area (Å²) in [4.78, 5) is 0.847. The predicted molar refractivity (Wildman–Crippen MR) is 88.2 cm³/mol. The fourth-order valence-corrected chi connectivity index (χ4v) is 3.51. The van der Waals surface area contributed by atoms with Gasteiger partial charge in [0.1, 0.15) is 0 Å². The lowest BCUT2D eigenvalue weighted by atomic mass is 9.93. The van der Waals surface area contributed by atoms with E-state index in [0.717, 1.165) is 29.7 Å². The highest BCUT2D eigenvalue weighted by Gasteiger charge is 2.25. The zero-order chi connectivity index (χ0) is 15.2. The SMILES string of the molecule is CCCCC1=C(c2ccc(S(C)=O)cc2)C(C=NO)CC1. The number of unbranched alkanes of at least 4 members (excludes halogenated alkanes) is 1. The molecular weight excluding hydrogens is 282 g/mol. The van der Waals surface area contributed by atoms with Gasteiger partial charge in [-0.05, 0) is 49.0 Å². The second-order valence-electron chi connectivity index (χ2n) is 5.51. The van der Waals surface area contributed by atoms with Crippen LogP contribution in [0, 0.1) is 5.92 Å². The Labute approximate surface area is 129 Å². The van der Waals surface area contributed by atoms with Crippen molar-refractivity contribution in [2.24, 2.45) is 11.1 Å².